The van der Waals surface area contributed by atoms with Crippen LogP contribution in [-0.2, 0) is 22.7 Å². The van der Waals surface area contributed by atoms with Crippen molar-refractivity contribution < 1.29 is 14.6 Å². The van der Waals surface area contributed by atoms with Gasteiger partial charge in [0.05, 0.1) is 36.9 Å². The minimum atomic E-state index is -0.0761. The van der Waals surface area contributed by atoms with Gasteiger partial charge in [-0.1, -0.05) is 23.9 Å². The van der Waals surface area contributed by atoms with Gasteiger partial charge in [-0.2, -0.15) is 0 Å². The van der Waals surface area contributed by atoms with Gasteiger partial charge >= 0.3 is 0 Å². The summed E-state index contributed by atoms with van der Waals surface area (Å²) in [6, 6.07) is 0. The predicted octanol–water partition coefficient (Wildman–Crippen LogP) is 1.85. The van der Waals surface area contributed by atoms with E-state index in [1.54, 1.807) is 23.2 Å². The molecule has 132 valence electrons. The first kappa shape index (κ1) is 18.8. The summed E-state index contributed by atoms with van der Waals surface area (Å²) in [4.78, 5) is 18.4. The van der Waals surface area contributed by atoms with Gasteiger partial charge in [0.25, 0.3) is 0 Å². The molecule has 1 aromatic heterocycles. The lowest BCUT2D eigenvalue weighted by Crippen LogP contribution is -2.32. The van der Waals surface area contributed by atoms with Gasteiger partial charge in [0, 0.05) is 19.7 Å². The Balaban J connectivity index is 2.00. The zero-order chi connectivity index (χ0) is 17.4. The topological polar surface area (TPSA) is 67.6 Å². The summed E-state index contributed by atoms with van der Waals surface area (Å²) >= 11 is 1.38. The Bertz CT molecular complexity index is 557. The number of aliphatic hydroxyl groups excluding tert-OH is 1. The van der Waals surface area contributed by atoms with Crippen LogP contribution in [0.2, 0.25) is 0 Å². The Morgan fingerprint density at radius 1 is 1.50 bits per heavy atom. The van der Waals surface area contributed by atoms with Crippen molar-refractivity contribution in [2.75, 3.05) is 25.4 Å². The maximum Gasteiger partial charge on any atom is 0.233 e. The lowest BCUT2D eigenvalue weighted by Gasteiger charge is -2.19. The highest BCUT2D eigenvalue weighted by molar-refractivity contribution is 7.99. The van der Waals surface area contributed by atoms with E-state index in [0.29, 0.717) is 19.6 Å². The molecule has 1 fully saturated rings. The second kappa shape index (κ2) is 9.66. The van der Waals surface area contributed by atoms with E-state index in [1.807, 2.05) is 4.57 Å². The Kier molecular flexibility index (Phi) is 7.55. The molecular formula is C17H25N3O3S. The van der Waals surface area contributed by atoms with E-state index < -0.39 is 0 Å². The average molecular weight is 351 g/mol. The molecule has 0 radical (unpaired) electrons. The second-order valence-electron chi connectivity index (χ2n) is 5.60. The monoisotopic (exact) mass is 351 g/mol. The Labute approximate surface area is 147 Å². The highest BCUT2D eigenvalue weighted by atomic mass is 32.2. The molecule has 6 nitrogen and oxygen atoms in total. The molecule has 1 aliphatic rings. The number of aromatic nitrogens is 2. The summed E-state index contributed by atoms with van der Waals surface area (Å²) in [5.74, 6) is 0.298. The normalized spacial score (nSPS) is 17.0. The van der Waals surface area contributed by atoms with E-state index in [9.17, 15) is 9.90 Å². The minimum Gasteiger partial charge on any atom is -0.390 e. The Hall–Kier alpha value is -1.57. The number of rotatable bonds is 10. The standard InChI is InChI=1S/C17H25N3O3S/c1-3-7-19(8-4-2)16(22)13-24-17-18-10-14(12-21)20(17)11-15-6-5-9-23-15/h3-4,10,15,21H,1-2,5-9,11-13H2. The molecule has 0 bridgehead atoms. The van der Waals surface area contributed by atoms with E-state index in [4.69, 9.17) is 4.74 Å². The van der Waals surface area contributed by atoms with Crippen molar-refractivity contribution in [1.82, 2.24) is 14.5 Å². The molecule has 1 N–H and O–H groups in total. The maximum atomic E-state index is 12.3. The van der Waals surface area contributed by atoms with Crippen LogP contribution in [-0.4, -0.2) is 57.0 Å². The van der Waals surface area contributed by atoms with Crippen molar-refractivity contribution in [3.8, 4) is 0 Å². The SMILES string of the molecule is C=CCN(CC=C)C(=O)CSc1ncc(CO)n1CC1CCCO1. The third-order valence-electron chi connectivity index (χ3n) is 3.85. The van der Waals surface area contributed by atoms with Crippen LogP contribution in [0.5, 0.6) is 0 Å². The van der Waals surface area contributed by atoms with E-state index in [0.717, 1.165) is 30.3 Å². The highest BCUT2D eigenvalue weighted by Crippen LogP contribution is 2.23. The fraction of sp³-hybridized carbons (Fsp3) is 0.529. The molecule has 1 amide bonds. The molecule has 2 rings (SSSR count). The Morgan fingerprint density at radius 3 is 2.83 bits per heavy atom. The van der Waals surface area contributed by atoms with Gasteiger partial charge in [0.2, 0.25) is 5.91 Å². The number of imidazole rings is 1. The third-order valence-corrected chi connectivity index (χ3v) is 4.83. The molecule has 1 aromatic rings. The summed E-state index contributed by atoms with van der Waals surface area (Å²) in [7, 11) is 0. The first-order chi connectivity index (χ1) is 11.7. The Morgan fingerprint density at radius 2 is 2.25 bits per heavy atom. The van der Waals surface area contributed by atoms with Crippen LogP contribution in [0.4, 0.5) is 0 Å². The molecule has 0 aromatic carbocycles. The lowest BCUT2D eigenvalue weighted by molar-refractivity contribution is -0.127. The average Bonchev–Trinajstić information content (AvgIpc) is 3.22. The number of ether oxygens (including phenoxy) is 1. The molecule has 0 saturated carbocycles. The van der Waals surface area contributed by atoms with Crippen LogP contribution in [0, 0.1) is 0 Å². The van der Waals surface area contributed by atoms with Gasteiger partial charge in [0.15, 0.2) is 5.16 Å². The van der Waals surface area contributed by atoms with E-state index in [2.05, 4.69) is 18.1 Å². The van der Waals surface area contributed by atoms with Crippen molar-refractivity contribution in [1.29, 1.82) is 0 Å². The van der Waals surface area contributed by atoms with Gasteiger partial charge in [-0.3, -0.25) is 4.79 Å². The number of thioether (sulfide) groups is 1. The quantitative estimate of drug-likeness (QED) is 0.515. The number of nitrogens with zero attached hydrogens (tertiary/aromatic N) is 3. The number of carbonyl (C=O) groups is 1. The van der Waals surface area contributed by atoms with Gasteiger partial charge in [0.1, 0.15) is 0 Å². The summed E-state index contributed by atoms with van der Waals surface area (Å²) in [5, 5.41) is 10.2. The summed E-state index contributed by atoms with van der Waals surface area (Å²) in [5.41, 5.74) is 0.745. The molecule has 2 heterocycles. The molecule has 24 heavy (non-hydrogen) atoms. The maximum absolute atomic E-state index is 12.3. The minimum absolute atomic E-state index is 0.0111. The number of hydrogen-bond acceptors (Lipinski definition) is 5. The van der Waals surface area contributed by atoms with Crippen LogP contribution >= 0.6 is 11.8 Å². The predicted molar refractivity (Wildman–Crippen MR) is 94.8 cm³/mol. The van der Waals surface area contributed by atoms with Crippen LogP contribution in [0.15, 0.2) is 36.7 Å². The van der Waals surface area contributed by atoms with E-state index in [1.165, 1.54) is 11.8 Å². The molecular weight excluding hydrogens is 326 g/mol. The van der Waals surface area contributed by atoms with Gasteiger partial charge in [-0.05, 0) is 12.8 Å². The van der Waals surface area contributed by atoms with Crippen molar-refractivity contribution in [3.63, 3.8) is 0 Å². The van der Waals surface area contributed by atoms with Crippen molar-refractivity contribution in [3.05, 3.63) is 37.2 Å². The van der Waals surface area contributed by atoms with Crippen LogP contribution in [0.1, 0.15) is 18.5 Å². The van der Waals surface area contributed by atoms with Crippen molar-refractivity contribution in [2.24, 2.45) is 0 Å². The first-order valence-corrected chi connectivity index (χ1v) is 9.07. The molecule has 1 atom stereocenters. The zero-order valence-corrected chi connectivity index (χ0v) is 14.7. The summed E-state index contributed by atoms with van der Waals surface area (Å²) in [6.45, 7) is 9.72. The largest absolute Gasteiger partial charge is 0.390 e. The fourth-order valence-corrected chi connectivity index (χ4v) is 3.54. The van der Waals surface area contributed by atoms with Gasteiger partial charge < -0.3 is 19.3 Å². The number of aliphatic hydroxyl groups is 1. The van der Waals surface area contributed by atoms with Gasteiger partial charge in [-0.15, -0.1) is 13.2 Å². The van der Waals surface area contributed by atoms with E-state index in [-0.39, 0.29) is 24.4 Å². The molecule has 1 saturated heterocycles. The molecule has 1 unspecified atom stereocenters. The number of carbonyl (C=O) groups excluding carboxylic acids is 1. The van der Waals surface area contributed by atoms with Crippen molar-refractivity contribution in [2.45, 2.75) is 37.3 Å². The third kappa shape index (κ3) is 4.96. The molecule has 1 aliphatic heterocycles. The fourth-order valence-electron chi connectivity index (χ4n) is 2.63. The number of amides is 1. The lowest BCUT2D eigenvalue weighted by atomic mass is 10.2. The summed E-state index contributed by atoms with van der Waals surface area (Å²) in [6.07, 6.45) is 7.29. The zero-order valence-electron chi connectivity index (χ0n) is 13.9. The smallest absolute Gasteiger partial charge is 0.233 e. The van der Waals surface area contributed by atoms with Crippen LogP contribution < -0.4 is 0 Å². The molecule has 0 aliphatic carbocycles. The second-order valence-corrected chi connectivity index (χ2v) is 6.54. The van der Waals surface area contributed by atoms with Gasteiger partial charge in [-0.25, -0.2) is 4.98 Å². The number of hydrogen-bond donors (Lipinski definition) is 1. The van der Waals surface area contributed by atoms with Crippen LogP contribution in [0.25, 0.3) is 0 Å². The molecule has 7 heteroatoms. The van der Waals surface area contributed by atoms with E-state index >= 15 is 0 Å². The molecule has 0 spiro atoms. The van der Waals surface area contributed by atoms with Crippen LogP contribution in [0.3, 0.4) is 0 Å². The van der Waals surface area contributed by atoms with Crippen molar-refractivity contribution >= 4 is 17.7 Å². The first-order valence-electron chi connectivity index (χ1n) is 8.08. The highest BCUT2D eigenvalue weighted by Gasteiger charge is 2.21. The summed E-state index contributed by atoms with van der Waals surface area (Å²) < 4.78 is 7.63.